The van der Waals surface area contributed by atoms with Crippen molar-refractivity contribution in [3.63, 3.8) is 0 Å². The van der Waals surface area contributed by atoms with E-state index in [9.17, 15) is 14.4 Å². The lowest BCUT2D eigenvalue weighted by molar-refractivity contribution is -0.167. The average Bonchev–Trinajstić information content (AvgIpc) is 3.47. The number of hydrogen-bond donors (Lipinski definition) is 0. The first-order chi connectivity index (χ1) is 40.0. The molecule has 0 aliphatic carbocycles. The van der Waals surface area contributed by atoms with Gasteiger partial charge in [0.1, 0.15) is 13.2 Å². The van der Waals surface area contributed by atoms with Gasteiger partial charge in [-0.15, -0.1) is 0 Å². The number of hydrogen-bond acceptors (Lipinski definition) is 6. The number of allylic oxidation sites excluding steroid dienone is 32. The molecule has 0 aliphatic heterocycles. The molecule has 0 heterocycles. The van der Waals surface area contributed by atoms with Crippen LogP contribution in [0.2, 0.25) is 0 Å². The average molecular weight is 1110 g/mol. The van der Waals surface area contributed by atoms with Gasteiger partial charge in [0.25, 0.3) is 0 Å². The number of esters is 3. The maximum atomic E-state index is 12.8. The minimum Gasteiger partial charge on any atom is -0.462 e. The van der Waals surface area contributed by atoms with E-state index in [4.69, 9.17) is 14.2 Å². The number of carbonyl (C=O) groups is 3. The zero-order valence-corrected chi connectivity index (χ0v) is 51.5. The van der Waals surface area contributed by atoms with Crippen LogP contribution in [-0.2, 0) is 28.6 Å². The Hall–Kier alpha value is -5.75. The Kier molecular flexibility index (Phi) is 62.0. The highest BCUT2D eigenvalue weighted by Gasteiger charge is 2.19. The molecule has 0 radical (unpaired) electrons. The van der Waals surface area contributed by atoms with Gasteiger partial charge in [0.15, 0.2) is 6.10 Å². The van der Waals surface area contributed by atoms with Crippen LogP contribution in [-0.4, -0.2) is 37.2 Å². The minimum atomic E-state index is -0.813. The van der Waals surface area contributed by atoms with Crippen molar-refractivity contribution in [3.05, 3.63) is 194 Å². The summed E-state index contributed by atoms with van der Waals surface area (Å²) in [6.07, 6.45) is 102. The molecule has 0 amide bonds. The summed E-state index contributed by atoms with van der Waals surface area (Å²) >= 11 is 0. The molecule has 0 saturated carbocycles. The summed E-state index contributed by atoms with van der Waals surface area (Å²) in [6, 6.07) is 0. The van der Waals surface area contributed by atoms with E-state index in [1.54, 1.807) is 0 Å². The van der Waals surface area contributed by atoms with Crippen LogP contribution in [0.15, 0.2) is 194 Å². The Morgan fingerprint density at radius 1 is 0.259 bits per heavy atom. The lowest BCUT2D eigenvalue weighted by Gasteiger charge is -2.18. The van der Waals surface area contributed by atoms with Gasteiger partial charge in [-0.25, -0.2) is 0 Å². The minimum absolute atomic E-state index is 0.108. The van der Waals surface area contributed by atoms with Crippen LogP contribution >= 0.6 is 0 Å². The number of ether oxygens (including phenoxy) is 3. The van der Waals surface area contributed by atoms with Gasteiger partial charge in [0.2, 0.25) is 0 Å². The van der Waals surface area contributed by atoms with Crippen molar-refractivity contribution in [2.75, 3.05) is 13.2 Å². The molecule has 6 heteroatoms. The van der Waals surface area contributed by atoms with Crippen molar-refractivity contribution in [2.45, 2.75) is 245 Å². The van der Waals surface area contributed by atoms with E-state index < -0.39 is 6.10 Å². The molecule has 0 saturated heterocycles. The topological polar surface area (TPSA) is 78.9 Å². The zero-order chi connectivity index (χ0) is 58.5. The van der Waals surface area contributed by atoms with Gasteiger partial charge in [-0.2, -0.15) is 0 Å². The lowest BCUT2D eigenvalue weighted by Crippen LogP contribution is -2.30. The molecule has 0 aromatic rings. The van der Waals surface area contributed by atoms with Crippen LogP contribution < -0.4 is 0 Å². The molecule has 0 bridgehead atoms. The first kappa shape index (κ1) is 75.2. The maximum Gasteiger partial charge on any atom is 0.306 e. The third-order valence-electron chi connectivity index (χ3n) is 12.6. The van der Waals surface area contributed by atoms with E-state index >= 15 is 0 Å². The quantitative estimate of drug-likeness (QED) is 0.0261. The van der Waals surface area contributed by atoms with Crippen molar-refractivity contribution in [3.8, 4) is 0 Å². The molecule has 1 unspecified atom stereocenters. The summed E-state index contributed by atoms with van der Waals surface area (Å²) < 4.78 is 16.7. The highest BCUT2D eigenvalue weighted by Crippen LogP contribution is 2.13. The van der Waals surface area contributed by atoms with Gasteiger partial charge in [-0.3, -0.25) is 14.4 Å². The molecule has 1 atom stereocenters. The second kappa shape index (κ2) is 66.8. The predicted octanol–water partition coefficient (Wildman–Crippen LogP) is 22.2. The fraction of sp³-hybridized carbons (Fsp3) is 0.533. The summed E-state index contributed by atoms with van der Waals surface area (Å²) in [5, 5.41) is 0. The summed E-state index contributed by atoms with van der Waals surface area (Å²) in [4.78, 5) is 37.9. The van der Waals surface area contributed by atoms with Crippen molar-refractivity contribution >= 4 is 17.9 Å². The fourth-order valence-electron chi connectivity index (χ4n) is 7.88. The van der Waals surface area contributed by atoms with Crippen LogP contribution in [0.5, 0.6) is 0 Å². The molecule has 0 spiro atoms. The van der Waals surface area contributed by atoms with Crippen LogP contribution in [0.3, 0.4) is 0 Å². The molecule has 6 nitrogen and oxygen atoms in total. The standard InChI is InChI=1S/C75H114O6/c1-4-7-10-13-15-17-19-21-23-25-27-29-31-33-34-35-36-37-38-39-40-42-43-45-47-49-51-53-55-57-59-62-65-68-74(77)80-71-72(70-79-73(76)67-64-61-12-9-6-3)81-75(78)69-66-63-60-58-56-54-52-50-48-46-44-41-32-30-28-26-24-22-20-18-16-14-11-8-5-2/h7-8,10-11,15-18,21-24,27-30,33-34,36-37,39-41,43-45,48-51,55,57,72H,4-6,9,12-14,19-20,25-26,31-32,35,38,42,46-47,52-54,56,58-71H2,1-3H3/b10-7-,11-8-,17-15-,18-16-,23-21-,24-22-,29-27-,30-28-,34-33-,37-36-,40-39-,44-41-,45-43-,50-48-,51-49-,57-55-. The third-order valence-corrected chi connectivity index (χ3v) is 12.6. The Balaban J connectivity index is 4.24. The fourth-order valence-corrected chi connectivity index (χ4v) is 7.88. The van der Waals surface area contributed by atoms with Crippen LogP contribution in [0.25, 0.3) is 0 Å². The van der Waals surface area contributed by atoms with Gasteiger partial charge in [0.05, 0.1) is 0 Å². The van der Waals surface area contributed by atoms with E-state index in [-0.39, 0.29) is 37.5 Å². The monoisotopic (exact) mass is 1110 g/mol. The van der Waals surface area contributed by atoms with E-state index in [1.807, 2.05) is 0 Å². The number of carbonyl (C=O) groups excluding carboxylic acids is 3. The smallest absolute Gasteiger partial charge is 0.306 e. The van der Waals surface area contributed by atoms with Crippen molar-refractivity contribution in [2.24, 2.45) is 0 Å². The Morgan fingerprint density at radius 3 is 0.778 bits per heavy atom. The molecule has 0 aromatic heterocycles. The summed E-state index contributed by atoms with van der Waals surface area (Å²) in [5.41, 5.74) is 0. The maximum absolute atomic E-state index is 12.8. The molecule has 81 heavy (non-hydrogen) atoms. The van der Waals surface area contributed by atoms with Gasteiger partial charge >= 0.3 is 17.9 Å². The lowest BCUT2D eigenvalue weighted by atomic mass is 10.1. The first-order valence-electron chi connectivity index (χ1n) is 31.9. The number of unbranched alkanes of at least 4 members (excludes halogenated alkanes) is 12. The summed E-state index contributed by atoms with van der Waals surface area (Å²) in [5.74, 6) is -0.995. The molecular weight excluding hydrogens is 997 g/mol. The van der Waals surface area contributed by atoms with Crippen molar-refractivity contribution in [1.29, 1.82) is 0 Å². The van der Waals surface area contributed by atoms with Gasteiger partial charge in [-0.1, -0.05) is 267 Å². The Labute approximate surface area is 497 Å². The predicted molar refractivity (Wildman–Crippen MR) is 352 cm³/mol. The molecule has 0 aliphatic rings. The third kappa shape index (κ3) is 64.9. The van der Waals surface area contributed by atoms with Crippen LogP contribution in [0, 0.1) is 0 Å². The molecule has 0 rings (SSSR count). The van der Waals surface area contributed by atoms with E-state index in [1.165, 1.54) is 12.8 Å². The molecule has 0 aromatic carbocycles. The Bertz CT molecular complexity index is 1950. The normalized spacial score (nSPS) is 13.5. The summed E-state index contributed by atoms with van der Waals surface area (Å²) in [6.45, 7) is 6.25. The van der Waals surface area contributed by atoms with Gasteiger partial charge < -0.3 is 14.2 Å². The second-order valence-electron chi connectivity index (χ2n) is 20.2. The van der Waals surface area contributed by atoms with Crippen molar-refractivity contribution in [1.82, 2.24) is 0 Å². The van der Waals surface area contributed by atoms with Gasteiger partial charge in [-0.05, 0) is 148 Å². The highest BCUT2D eigenvalue weighted by atomic mass is 16.6. The van der Waals surface area contributed by atoms with E-state index in [0.29, 0.717) is 19.3 Å². The molecule has 0 N–H and O–H groups in total. The second-order valence-corrected chi connectivity index (χ2v) is 20.2. The molecular formula is C75H114O6. The molecule has 450 valence electrons. The molecule has 0 fully saturated rings. The highest BCUT2D eigenvalue weighted by molar-refractivity contribution is 5.71. The Morgan fingerprint density at radius 2 is 0.481 bits per heavy atom. The van der Waals surface area contributed by atoms with Gasteiger partial charge in [0, 0.05) is 19.3 Å². The number of rotatable bonds is 55. The van der Waals surface area contributed by atoms with Crippen LogP contribution in [0.4, 0.5) is 0 Å². The zero-order valence-electron chi connectivity index (χ0n) is 51.5. The summed E-state index contributed by atoms with van der Waals surface area (Å²) in [7, 11) is 0. The van der Waals surface area contributed by atoms with Crippen LogP contribution in [0.1, 0.15) is 239 Å². The van der Waals surface area contributed by atoms with E-state index in [2.05, 4.69) is 215 Å². The van der Waals surface area contributed by atoms with Crippen molar-refractivity contribution < 1.29 is 28.6 Å². The largest absolute Gasteiger partial charge is 0.462 e. The van der Waals surface area contributed by atoms with E-state index in [0.717, 1.165) is 180 Å². The first-order valence-corrected chi connectivity index (χ1v) is 31.9. The SMILES string of the molecule is CC/C=C\C/C=C\C/C=C\C/C=C\C/C=C\C/C=C\C/C=C\C/C=C\C/C=C\C/C=C\CCCCC(=O)OCC(COC(=O)CCCCCCC)OC(=O)CCCCCCCC/C=C\C/C=C\C/C=C\C/C=C\C/C=C\C/C=C\CC.